The van der Waals surface area contributed by atoms with E-state index < -0.39 is 12.4 Å². The van der Waals surface area contributed by atoms with E-state index in [1.165, 1.54) is 24.4 Å². The molecule has 0 fully saturated rings. The molecular weight excluding hydrogens is 471 g/mol. The Morgan fingerprint density at radius 1 is 1.00 bits per heavy atom. The fourth-order valence-electron chi connectivity index (χ4n) is 3.20. The molecule has 188 valence electrons. The van der Waals surface area contributed by atoms with Gasteiger partial charge in [-0.3, -0.25) is 5.43 Å². The molecule has 0 spiro atoms. The van der Waals surface area contributed by atoms with Crippen molar-refractivity contribution in [2.45, 2.75) is 33.1 Å². The lowest BCUT2D eigenvalue weighted by molar-refractivity contribution is -0.274. The Morgan fingerprint density at radius 3 is 2.42 bits per heavy atom. The monoisotopic (exact) mass is 497 g/mol. The molecular formula is C26H26F3N5O2. The first-order valence-electron chi connectivity index (χ1n) is 11.1. The maximum Gasteiger partial charge on any atom is 0.573 e. The third-order valence-corrected chi connectivity index (χ3v) is 4.96. The van der Waals surface area contributed by atoms with Gasteiger partial charge >= 0.3 is 12.4 Å². The Kier molecular flexibility index (Phi) is 8.66. The smallest absolute Gasteiger partial charge is 0.406 e. The third-order valence-electron chi connectivity index (χ3n) is 4.96. The van der Waals surface area contributed by atoms with Gasteiger partial charge in [-0.05, 0) is 54.3 Å². The number of rotatable bonds is 8. The van der Waals surface area contributed by atoms with Crippen LogP contribution < -0.4 is 20.9 Å². The van der Waals surface area contributed by atoms with Gasteiger partial charge in [0.15, 0.2) is 0 Å². The van der Waals surface area contributed by atoms with Gasteiger partial charge in [-0.2, -0.15) is 10.2 Å². The molecule has 0 aliphatic rings. The zero-order valence-corrected chi connectivity index (χ0v) is 19.9. The predicted molar refractivity (Wildman–Crippen MR) is 136 cm³/mol. The second-order valence-corrected chi connectivity index (χ2v) is 8.07. The van der Waals surface area contributed by atoms with Crippen LogP contribution >= 0.6 is 0 Å². The summed E-state index contributed by atoms with van der Waals surface area (Å²) in [6.07, 6.45) is -3.26. The number of hydrogen-bond donors (Lipinski definition) is 3. The van der Waals surface area contributed by atoms with Gasteiger partial charge in [0.25, 0.3) is 0 Å². The van der Waals surface area contributed by atoms with E-state index in [-0.39, 0.29) is 11.7 Å². The number of alkyl halides is 3. The highest BCUT2D eigenvalue weighted by Crippen LogP contribution is 2.24. The number of carbonyl (C=O) groups excluding carboxylic acids is 1. The summed E-state index contributed by atoms with van der Waals surface area (Å²) in [7, 11) is 0. The standard InChI is InChI=1S/C26H26F3N5O2/c1-17(2)23-9-4-5-10-24(23)31-25(35)34-30-16-19-11-13-21(14-12-19)33-32-18(3)20-7-6-8-22(15-20)36-26(27,28)29/h4-17,33H,1-3H3,(H2,31,34,35). The SMILES string of the molecule is CC(=NNc1ccc(C=NNC(=O)Nc2ccccc2C(C)C)cc1)c1cccc(OC(F)(F)F)c1. The second kappa shape index (κ2) is 11.9. The van der Waals surface area contributed by atoms with Crippen molar-refractivity contribution in [2.75, 3.05) is 10.7 Å². The van der Waals surface area contributed by atoms with Gasteiger partial charge in [-0.1, -0.05) is 56.3 Å². The lowest BCUT2D eigenvalue weighted by atomic mass is 10.0. The number of ether oxygens (including phenoxy) is 1. The fraction of sp³-hybridized carbons (Fsp3) is 0.192. The lowest BCUT2D eigenvalue weighted by Gasteiger charge is -2.12. The topological polar surface area (TPSA) is 87.1 Å². The van der Waals surface area contributed by atoms with E-state index in [1.807, 2.05) is 38.1 Å². The first-order valence-corrected chi connectivity index (χ1v) is 11.1. The summed E-state index contributed by atoms with van der Waals surface area (Å²) in [6.45, 7) is 5.76. The van der Waals surface area contributed by atoms with E-state index in [9.17, 15) is 18.0 Å². The molecule has 36 heavy (non-hydrogen) atoms. The number of hydrazone groups is 2. The molecule has 0 atom stereocenters. The van der Waals surface area contributed by atoms with Crippen LogP contribution in [-0.4, -0.2) is 24.3 Å². The van der Waals surface area contributed by atoms with Crippen molar-refractivity contribution >= 4 is 29.3 Å². The van der Waals surface area contributed by atoms with Gasteiger partial charge < -0.3 is 10.1 Å². The van der Waals surface area contributed by atoms with E-state index in [4.69, 9.17) is 0 Å². The highest BCUT2D eigenvalue weighted by molar-refractivity contribution is 5.99. The molecule has 0 aromatic heterocycles. The molecule has 2 amide bonds. The minimum absolute atomic E-state index is 0.263. The van der Waals surface area contributed by atoms with Gasteiger partial charge in [0, 0.05) is 11.3 Å². The Hall–Kier alpha value is -4.34. The molecule has 0 unspecified atom stereocenters. The summed E-state index contributed by atoms with van der Waals surface area (Å²) in [6, 6.07) is 19.7. The molecule has 0 aliphatic carbocycles. The molecule has 3 aromatic rings. The summed E-state index contributed by atoms with van der Waals surface area (Å²) in [5.74, 6) is -0.0524. The molecule has 3 rings (SSSR count). The number of urea groups is 1. The number of halogens is 3. The number of nitrogens with one attached hydrogen (secondary N) is 3. The van der Waals surface area contributed by atoms with E-state index in [0.717, 1.165) is 16.8 Å². The summed E-state index contributed by atoms with van der Waals surface area (Å²) >= 11 is 0. The molecule has 3 aromatic carbocycles. The summed E-state index contributed by atoms with van der Waals surface area (Å²) in [5, 5.41) is 11.0. The lowest BCUT2D eigenvalue weighted by Crippen LogP contribution is -2.24. The molecule has 7 nitrogen and oxygen atoms in total. The normalized spacial score (nSPS) is 12.0. The van der Waals surface area contributed by atoms with Gasteiger partial charge in [0.05, 0.1) is 17.6 Å². The highest BCUT2D eigenvalue weighted by atomic mass is 19.4. The van der Waals surface area contributed by atoms with Crippen molar-refractivity contribution in [1.29, 1.82) is 0 Å². The van der Waals surface area contributed by atoms with Crippen LogP contribution in [0.3, 0.4) is 0 Å². The number of anilines is 2. The van der Waals surface area contributed by atoms with Gasteiger partial charge in [-0.25, -0.2) is 10.2 Å². The molecule has 0 heterocycles. The van der Waals surface area contributed by atoms with Crippen LogP contribution in [0.15, 0.2) is 83.0 Å². The molecule has 0 bridgehead atoms. The average Bonchev–Trinajstić information content (AvgIpc) is 2.82. The predicted octanol–water partition coefficient (Wildman–Crippen LogP) is 6.70. The average molecular weight is 498 g/mol. The van der Waals surface area contributed by atoms with Gasteiger partial charge in [-0.15, -0.1) is 13.2 Å². The van der Waals surface area contributed by atoms with Crippen LogP contribution in [0.1, 0.15) is 43.4 Å². The summed E-state index contributed by atoms with van der Waals surface area (Å²) in [4.78, 5) is 12.2. The van der Waals surface area contributed by atoms with Crippen LogP contribution in [0, 0.1) is 0 Å². The Bertz CT molecular complexity index is 1240. The van der Waals surface area contributed by atoms with Crippen molar-refractivity contribution in [1.82, 2.24) is 5.43 Å². The number of para-hydroxylation sites is 1. The van der Waals surface area contributed by atoms with Crippen LogP contribution in [0.25, 0.3) is 0 Å². The molecule has 3 N–H and O–H groups in total. The molecule has 0 aliphatic heterocycles. The molecule has 0 saturated carbocycles. The molecule has 0 saturated heterocycles. The largest absolute Gasteiger partial charge is 0.573 e. The van der Waals surface area contributed by atoms with E-state index in [0.29, 0.717) is 17.0 Å². The van der Waals surface area contributed by atoms with E-state index in [1.54, 1.807) is 37.3 Å². The van der Waals surface area contributed by atoms with Crippen molar-refractivity contribution < 1.29 is 22.7 Å². The van der Waals surface area contributed by atoms with Gasteiger partial charge in [0.1, 0.15) is 5.75 Å². The third kappa shape index (κ3) is 8.15. The second-order valence-electron chi connectivity index (χ2n) is 8.07. The Balaban J connectivity index is 1.54. The first kappa shape index (κ1) is 26.3. The van der Waals surface area contributed by atoms with E-state index in [2.05, 4.69) is 31.1 Å². The number of hydrogen-bond acceptors (Lipinski definition) is 5. The maximum atomic E-state index is 12.4. The highest BCUT2D eigenvalue weighted by Gasteiger charge is 2.31. The quantitative estimate of drug-likeness (QED) is 0.239. The minimum atomic E-state index is -4.76. The zero-order valence-electron chi connectivity index (χ0n) is 19.9. The minimum Gasteiger partial charge on any atom is -0.406 e. The van der Waals surface area contributed by atoms with Crippen molar-refractivity contribution in [3.63, 3.8) is 0 Å². The van der Waals surface area contributed by atoms with Crippen molar-refractivity contribution in [3.8, 4) is 5.75 Å². The van der Waals surface area contributed by atoms with E-state index >= 15 is 0 Å². The summed E-state index contributed by atoms with van der Waals surface area (Å²) in [5.41, 5.74) is 9.40. The first-order chi connectivity index (χ1) is 17.1. The van der Waals surface area contributed by atoms with Crippen molar-refractivity contribution in [3.05, 3.63) is 89.5 Å². The van der Waals surface area contributed by atoms with Gasteiger partial charge in [0.2, 0.25) is 0 Å². The zero-order chi connectivity index (χ0) is 26.1. The number of benzene rings is 3. The summed E-state index contributed by atoms with van der Waals surface area (Å²) < 4.78 is 41.2. The van der Waals surface area contributed by atoms with Crippen molar-refractivity contribution in [2.24, 2.45) is 10.2 Å². The number of amides is 2. The van der Waals surface area contributed by atoms with Crippen LogP contribution in [-0.2, 0) is 0 Å². The van der Waals surface area contributed by atoms with Crippen LogP contribution in [0.4, 0.5) is 29.3 Å². The van der Waals surface area contributed by atoms with Crippen LogP contribution in [0.2, 0.25) is 0 Å². The van der Waals surface area contributed by atoms with Crippen LogP contribution in [0.5, 0.6) is 5.75 Å². The number of carbonyl (C=O) groups is 1. The molecule has 10 heteroatoms. The Morgan fingerprint density at radius 2 is 1.72 bits per heavy atom. The molecule has 0 radical (unpaired) electrons. The fourth-order valence-corrected chi connectivity index (χ4v) is 3.20. The number of nitrogens with zero attached hydrogens (tertiary/aromatic N) is 2. The Labute approximate surface area is 207 Å². The maximum absolute atomic E-state index is 12.4.